The van der Waals surface area contributed by atoms with Crippen LogP contribution in [0.2, 0.25) is 0 Å². The second-order valence-electron chi connectivity index (χ2n) is 2.39. The van der Waals surface area contributed by atoms with Crippen molar-refractivity contribution in [3.05, 3.63) is 0 Å². The maximum absolute atomic E-state index is 10.1. The molecule has 0 aliphatic carbocycles. The first-order chi connectivity index (χ1) is 5.91. The van der Waals surface area contributed by atoms with E-state index < -0.39 is 30.4 Å². The first-order valence-corrected chi connectivity index (χ1v) is 3.32. The molecule has 0 aromatic rings. The summed E-state index contributed by atoms with van der Waals surface area (Å²) in [7, 11) is 0. The Labute approximate surface area is 79.0 Å². The number of hydrogen-bond donors (Lipinski definition) is 6. The van der Waals surface area contributed by atoms with E-state index in [-0.39, 0.29) is 12.4 Å². The van der Waals surface area contributed by atoms with Crippen molar-refractivity contribution in [1.82, 2.24) is 6.15 Å². The summed E-state index contributed by atoms with van der Waals surface area (Å²) in [4.78, 5) is 20.0. The third kappa shape index (κ3) is 3.77. The third-order valence-corrected chi connectivity index (χ3v) is 1.42. The Balaban J connectivity index is 0. The zero-order valence-corrected chi connectivity index (χ0v) is 7.15. The second-order valence-corrected chi connectivity index (χ2v) is 2.39. The Morgan fingerprint density at radius 2 is 1.50 bits per heavy atom. The van der Waals surface area contributed by atoms with E-state index >= 15 is 0 Å². The molecule has 0 aliphatic rings. The van der Waals surface area contributed by atoms with E-state index in [2.05, 4.69) is 0 Å². The first-order valence-electron chi connectivity index (χ1n) is 3.32. The number of aldehydes is 1. The van der Waals surface area contributed by atoms with Crippen LogP contribution in [0.3, 0.4) is 0 Å². The van der Waals surface area contributed by atoms with Crippen molar-refractivity contribution >= 4 is 12.3 Å². The average Bonchev–Trinajstić information content (AvgIpc) is 2.12. The number of aliphatic hydroxyl groups excluding tert-OH is 4. The fourth-order valence-electron chi connectivity index (χ4n) is 0.615. The van der Waals surface area contributed by atoms with Crippen LogP contribution in [-0.4, -0.2) is 62.2 Å². The van der Waals surface area contributed by atoms with Gasteiger partial charge in [-0.15, -0.1) is 0 Å². The van der Waals surface area contributed by atoms with Crippen molar-refractivity contribution < 1.29 is 35.1 Å². The van der Waals surface area contributed by atoms with E-state index in [0.717, 1.165) is 0 Å². The molecule has 0 bridgehead atoms. The van der Waals surface area contributed by atoms with Gasteiger partial charge in [-0.2, -0.15) is 0 Å². The lowest BCUT2D eigenvalue weighted by Gasteiger charge is -2.21. The smallest absolute Gasteiger partial charge is 0.335 e. The quantitative estimate of drug-likeness (QED) is 0.259. The summed E-state index contributed by atoms with van der Waals surface area (Å²) in [6, 6.07) is 0. The largest absolute Gasteiger partial charge is 0.479 e. The highest BCUT2D eigenvalue weighted by molar-refractivity contribution is 5.73. The van der Waals surface area contributed by atoms with Gasteiger partial charge in [0.25, 0.3) is 0 Å². The van der Waals surface area contributed by atoms with Crippen LogP contribution in [0, 0.1) is 0 Å². The van der Waals surface area contributed by atoms with E-state index in [1.54, 1.807) is 0 Å². The molecule has 4 unspecified atom stereocenters. The molecule has 0 aromatic carbocycles. The Hall–Kier alpha value is -1.06. The van der Waals surface area contributed by atoms with Crippen molar-refractivity contribution in [3.63, 3.8) is 0 Å². The second kappa shape index (κ2) is 6.40. The highest BCUT2D eigenvalue weighted by atomic mass is 16.4. The van der Waals surface area contributed by atoms with Gasteiger partial charge in [0, 0.05) is 0 Å². The van der Waals surface area contributed by atoms with E-state index in [1.807, 2.05) is 0 Å². The summed E-state index contributed by atoms with van der Waals surface area (Å²) in [5.74, 6) is -1.76. The summed E-state index contributed by atoms with van der Waals surface area (Å²) in [5, 5.41) is 43.2. The molecule has 14 heavy (non-hydrogen) atoms. The zero-order chi connectivity index (χ0) is 10.6. The van der Waals surface area contributed by atoms with Crippen LogP contribution < -0.4 is 6.15 Å². The molecule has 8 nitrogen and oxygen atoms in total. The van der Waals surface area contributed by atoms with Gasteiger partial charge in [-0.25, -0.2) is 4.79 Å². The monoisotopic (exact) mass is 211 g/mol. The minimum atomic E-state index is -2.25. The lowest BCUT2D eigenvalue weighted by Crippen LogP contribution is -2.48. The van der Waals surface area contributed by atoms with E-state index in [4.69, 9.17) is 25.5 Å². The fraction of sp³-hybridized carbons (Fsp3) is 0.667. The zero-order valence-electron chi connectivity index (χ0n) is 7.15. The Kier molecular flexibility index (Phi) is 7.05. The molecule has 0 heterocycles. The molecule has 0 aliphatic heterocycles. The predicted molar refractivity (Wildman–Crippen MR) is 42.7 cm³/mol. The molecule has 0 radical (unpaired) electrons. The van der Waals surface area contributed by atoms with Gasteiger partial charge in [0.2, 0.25) is 0 Å². The van der Waals surface area contributed by atoms with Gasteiger partial charge in [0.05, 0.1) is 0 Å². The van der Waals surface area contributed by atoms with E-state index in [0.29, 0.717) is 0 Å². The van der Waals surface area contributed by atoms with Crippen LogP contribution in [-0.2, 0) is 9.59 Å². The van der Waals surface area contributed by atoms with Gasteiger partial charge < -0.3 is 36.5 Å². The molecular formula is C6H13NO7. The molecule has 0 saturated heterocycles. The minimum absolute atomic E-state index is 0. The Morgan fingerprint density at radius 3 is 1.79 bits per heavy atom. The maximum Gasteiger partial charge on any atom is 0.335 e. The van der Waals surface area contributed by atoms with Gasteiger partial charge in [0.1, 0.15) is 18.3 Å². The van der Waals surface area contributed by atoms with Crippen molar-refractivity contribution in [2.45, 2.75) is 24.4 Å². The average molecular weight is 211 g/mol. The van der Waals surface area contributed by atoms with Gasteiger partial charge >= 0.3 is 5.97 Å². The number of hydrogen-bond acceptors (Lipinski definition) is 7. The molecule has 8 heteroatoms. The van der Waals surface area contributed by atoms with Crippen LogP contribution in [0.5, 0.6) is 0 Å². The number of carbonyl (C=O) groups excluding carboxylic acids is 1. The number of rotatable bonds is 5. The van der Waals surface area contributed by atoms with Crippen molar-refractivity contribution in [1.29, 1.82) is 0 Å². The summed E-state index contributed by atoms with van der Waals surface area (Å²) < 4.78 is 0. The van der Waals surface area contributed by atoms with E-state index in [9.17, 15) is 9.59 Å². The molecular weight excluding hydrogens is 198 g/mol. The maximum atomic E-state index is 10.1. The van der Waals surface area contributed by atoms with Crippen LogP contribution >= 0.6 is 0 Å². The summed E-state index contributed by atoms with van der Waals surface area (Å²) >= 11 is 0. The normalized spacial score (nSPS) is 18.6. The molecule has 8 N–H and O–H groups in total. The summed E-state index contributed by atoms with van der Waals surface area (Å²) in [5.41, 5.74) is 0. The summed E-state index contributed by atoms with van der Waals surface area (Å²) in [6.07, 6.45) is -8.39. The molecule has 0 spiro atoms. The lowest BCUT2D eigenvalue weighted by atomic mass is 10.0. The molecule has 0 aromatic heterocycles. The number of carbonyl (C=O) groups is 2. The van der Waals surface area contributed by atoms with Crippen molar-refractivity contribution in [3.8, 4) is 0 Å². The topological polar surface area (TPSA) is 170 Å². The van der Waals surface area contributed by atoms with Crippen molar-refractivity contribution in [2.24, 2.45) is 0 Å². The molecule has 84 valence electrons. The van der Waals surface area contributed by atoms with Crippen LogP contribution in [0.4, 0.5) is 0 Å². The molecule has 0 saturated carbocycles. The summed E-state index contributed by atoms with van der Waals surface area (Å²) in [6.45, 7) is 0. The highest BCUT2D eigenvalue weighted by Crippen LogP contribution is 2.03. The van der Waals surface area contributed by atoms with Gasteiger partial charge in [-0.05, 0) is 0 Å². The molecule has 0 rings (SSSR count). The Morgan fingerprint density at radius 1 is 1.07 bits per heavy atom. The van der Waals surface area contributed by atoms with Gasteiger partial charge in [-0.1, -0.05) is 0 Å². The van der Waals surface area contributed by atoms with Crippen molar-refractivity contribution in [2.75, 3.05) is 0 Å². The van der Waals surface area contributed by atoms with Gasteiger partial charge in [-0.3, -0.25) is 0 Å². The number of carboxylic acids is 1. The molecule has 0 amide bonds. The highest BCUT2D eigenvalue weighted by Gasteiger charge is 2.33. The number of carboxylic acid groups (broad SMARTS) is 1. The first kappa shape index (κ1) is 15.4. The SMILES string of the molecule is N.O=CC(O)C(O)C(O)C(O)C(=O)O. The standard InChI is InChI=1S/C6H10O7.H3N/c7-1-2(8)3(9)4(10)5(11)6(12)13;/h1-5,8-11H,(H,12,13);1H3. The van der Waals surface area contributed by atoms with Crippen LogP contribution in [0.25, 0.3) is 0 Å². The minimum Gasteiger partial charge on any atom is -0.479 e. The van der Waals surface area contributed by atoms with E-state index in [1.165, 1.54) is 0 Å². The van der Waals surface area contributed by atoms with Gasteiger partial charge in [0.15, 0.2) is 12.4 Å². The lowest BCUT2D eigenvalue weighted by molar-refractivity contribution is -0.163. The van der Waals surface area contributed by atoms with Crippen LogP contribution in [0.1, 0.15) is 0 Å². The Bertz CT molecular complexity index is 197. The number of aliphatic hydroxyl groups is 4. The number of aliphatic carboxylic acids is 1. The third-order valence-electron chi connectivity index (χ3n) is 1.42. The fourth-order valence-corrected chi connectivity index (χ4v) is 0.615. The molecule has 0 fully saturated rings. The predicted octanol–water partition coefficient (Wildman–Crippen LogP) is -3.12. The molecule has 4 atom stereocenters. The van der Waals surface area contributed by atoms with Crippen LogP contribution in [0.15, 0.2) is 0 Å².